The molecule has 9 aliphatic rings. The third-order valence-electron chi connectivity index (χ3n) is 19.9. The van der Waals surface area contributed by atoms with Crippen LogP contribution in [0.25, 0.3) is 0 Å². The van der Waals surface area contributed by atoms with Crippen molar-refractivity contribution in [2.75, 3.05) is 52.9 Å². The van der Waals surface area contributed by atoms with Crippen LogP contribution in [0.1, 0.15) is 27.7 Å². The van der Waals surface area contributed by atoms with Crippen LogP contribution in [-0.4, -0.2) is 474 Å². The first-order valence-electron chi connectivity index (χ1n) is 34.5. The van der Waals surface area contributed by atoms with Gasteiger partial charge in [0, 0.05) is 20.8 Å². The van der Waals surface area contributed by atoms with E-state index in [1.807, 2.05) is 0 Å². The standard InChI is InChI=1S/C60H101N3O45/c1-13-28(73)37(82)42(87)57(94-13)105-48-27(63-16(4)72)52(91)95-22(10-69)47(48)104-54-26(62-15(3)71)36(81)46(21(9-68)100-54)103-59-45(90)50(107-60-51(40(85)32(77)20(8-67)99-60)108-53-25(61-14(2)70)35(80)29(74)17(5-64)96-53)34(79)24(102-59)12-93-56-44(89)49(106-58-43(88)39(84)31(76)19(7-66)98-58)33(78)23(101-56)11-92-55-41(86)38(83)30(75)18(6-65)97-55/h13,17-60,64-69,73-91H,5-12H2,1-4H3,(H,61,70)(H,62,71)(H,63,72)/t13-,17+,18+,19+,20+,21+,22+,23+,24+,25+,26+,27+,28+,29+,30+,31+,32+,33+,34+,35+,36+,37+,38-,39-,40-,41-,42-,43-,44-,45-,46+,47+,48+,49-,50-,51-,52+,53-,54-,55-,56-,57-,58+,59-,60+/m0/s1. The van der Waals surface area contributed by atoms with Crippen LogP contribution in [0, 0.1) is 0 Å². The lowest BCUT2D eigenvalue weighted by Crippen LogP contribution is -2.71. The predicted octanol–water partition coefficient (Wildman–Crippen LogP) is -19.2. The van der Waals surface area contributed by atoms with Gasteiger partial charge in [0.05, 0.1) is 59.0 Å². The molecule has 0 radical (unpaired) electrons. The van der Waals surface area contributed by atoms with Crippen molar-refractivity contribution in [3.05, 3.63) is 0 Å². The minimum atomic E-state index is -2.56. The van der Waals surface area contributed by atoms with E-state index in [9.17, 15) is 142 Å². The molecular formula is C60H101N3O45. The highest BCUT2D eigenvalue weighted by Gasteiger charge is 2.61. The number of aliphatic hydroxyl groups excluding tert-OH is 25. The maximum Gasteiger partial charge on any atom is 0.217 e. The number of ether oxygens (including phenoxy) is 17. The molecule has 108 heavy (non-hydrogen) atoms. The fourth-order valence-corrected chi connectivity index (χ4v) is 13.9. The van der Waals surface area contributed by atoms with Gasteiger partial charge in [-0.2, -0.15) is 0 Å². The zero-order chi connectivity index (χ0) is 79.5. The van der Waals surface area contributed by atoms with Gasteiger partial charge in [0.15, 0.2) is 56.6 Å². The van der Waals surface area contributed by atoms with Gasteiger partial charge in [-0.3, -0.25) is 14.4 Å². The Labute approximate surface area is 611 Å². The summed E-state index contributed by atoms with van der Waals surface area (Å²) >= 11 is 0. The molecule has 0 aromatic carbocycles. The quantitative estimate of drug-likeness (QED) is 0.0363. The zero-order valence-electron chi connectivity index (χ0n) is 58.0. The van der Waals surface area contributed by atoms with Crippen LogP contribution in [0.2, 0.25) is 0 Å². The first-order chi connectivity index (χ1) is 51.0. The molecule has 28 N–H and O–H groups in total. The van der Waals surface area contributed by atoms with E-state index >= 15 is 0 Å². The molecule has 0 saturated carbocycles. The largest absolute Gasteiger partial charge is 0.394 e. The van der Waals surface area contributed by atoms with Crippen LogP contribution in [0.3, 0.4) is 0 Å². The molecule has 9 saturated heterocycles. The van der Waals surface area contributed by atoms with Gasteiger partial charge in [-0.1, -0.05) is 0 Å². The van der Waals surface area contributed by atoms with E-state index in [1.165, 1.54) is 6.92 Å². The molecule has 9 aliphatic heterocycles. The Bertz CT molecular complexity index is 2820. The smallest absolute Gasteiger partial charge is 0.217 e. The maximum atomic E-state index is 13.2. The summed E-state index contributed by atoms with van der Waals surface area (Å²) in [6.07, 6.45) is -86.2. The van der Waals surface area contributed by atoms with E-state index in [0.717, 1.165) is 20.8 Å². The minimum absolute atomic E-state index is 0.844. The van der Waals surface area contributed by atoms with Crippen molar-refractivity contribution in [1.29, 1.82) is 0 Å². The highest BCUT2D eigenvalue weighted by Crippen LogP contribution is 2.40. The summed E-state index contributed by atoms with van der Waals surface area (Å²) < 4.78 is 100. The summed E-state index contributed by atoms with van der Waals surface area (Å²) in [5.41, 5.74) is 0. The molecule has 9 rings (SSSR count). The number of aliphatic hydroxyl groups is 25. The molecule has 0 aliphatic carbocycles. The van der Waals surface area contributed by atoms with Crippen molar-refractivity contribution in [3.8, 4) is 0 Å². The first-order valence-corrected chi connectivity index (χ1v) is 34.5. The molecule has 0 aromatic heterocycles. The molecule has 3 amide bonds. The highest BCUT2D eigenvalue weighted by molar-refractivity contribution is 5.74. The molecule has 0 bridgehead atoms. The van der Waals surface area contributed by atoms with Gasteiger partial charge in [0.1, 0.15) is 213 Å². The van der Waals surface area contributed by atoms with Crippen LogP contribution < -0.4 is 16.0 Å². The van der Waals surface area contributed by atoms with Gasteiger partial charge in [0.2, 0.25) is 17.7 Å². The summed E-state index contributed by atoms with van der Waals surface area (Å²) in [7, 11) is 0. The fraction of sp³-hybridized carbons (Fsp3) is 0.950. The van der Waals surface area contributed by atoms with E-state index in [2.05, 4.69) is 16.0 Å². The predicted molar refractivity (Wildman–Crippen MR) is 330 cm³/mol. The Morgan fingerprint density at radius 1 is 0.259 bits per heavy atom. The van der Waals surface area contributed by atoms with Gasteiger partial charge in [-0.25, -0.2) is 0 Å². The summed E-state index contributed by atoms with van der Waals surface area (Å²) in [6, 6.07) is -5.52. The van der Waals surface area contributed by atoms with E-state index < -0.39 is 347 Å². The molecule has 48 heteroatoms. The summed E-state index contributed by atoms with van der Waals surface area (Å²) in [5.74, 6) is -2.69. The fourth-order valence-electron chi connectivity index (χ4n) is 13.9. The van der Waals surface area contributed by atoms with E-state index in [1.54, 1.807) is 0 Å². The second kappa shape index (κ2) is 38.5. The van der Waals surface area contributed by atoms with Crippen LogP contribution in [-0.2, 0) is 94.9 Å². The number of rotatable bonds is 27. The molecule has 626 valence electrons. The lowest BCUT2D eigenvalue weighted by Gasteiger charge is -2.51. The SMILES string of the molecule is CC(=O)N[C@@H]1[C@@H](O[C@@H]2O[C@@H](C)[C@@H](O)[C@@H](O)[C@@H]2O)[C@H](O[C@@H]2O[C@H](CO)[C@@H](O[C@@H]3O[C@H](CO[C@H]4O[C@H](CO[C@H]5O[C@H](CO)[C@@H](O)[C@H](O)[C@@H]5O)[C@@H](O)[C@H](O[C@H]5O[C@H](CO)[C@@H](O)[C@H](O)[C@@H]5O)[C@@H]4O)[C@@H](O)[C@H](O[C@H]4O[C@H](CO)[C@@H](O)[C@H](O)[C@@H]4O[C@@H]4O[C@H](CO)[C@@H](O)[C@H](O)[C@H]4NC(C)=O)[C@@H]3O)[C@H](O)[C@H]2NC(C)=O)[C@@H](CO)O[C@H]1O. The van der Waals surface area contributed by atoms with Gasteiger partial charge in [-0.05, 0) is 6.92 Å². The van der Waals surface area contributed by atoms with Crippen LogP contribution in [0.5, 0.6) is 0 Å². The van der Waals surface area contributed by atoms with Crippen molar-refractivity contribution in [1.82, 2.24) is 16.0 Å². The normalized spacial score (nSPS) is 50.4. The Morgan fingerprint density at radius 2 is 0.574 bits per heavy atom. The lowest BCUT2D eigenvalue weighted by molar-refractivity contribution is -0.397. The molecular weight excluding hydrogens is 1480 g/mol. The average Bonchev–Trinajstić information content (AvgIpc) is 0.767. The highest BCUT2D eigenvalue weighted by atomic mass is 16.8. The molecule has 0 unspecified atom stereocenters. The van der Waals surface area contributed by atoms with Crippen molar-refractivity contribution in [3.63, 3.8) is 0 Å². The van der Waals surface area contributed by atoms with Crippen LogP contribution in [0.4, 0.5) is 0 Å². The average molecular weight is 1580 g/mol. The van der Waals surface area contributed by atoms with Crippen molar-refractivity contribution in [2.45, 2.75) is 304 Å². The number of hydrogen-bond acceptors (Lipinski definition) is 45. The van der Waals surface area contributed by atoms with Crippen molar-refractivity contribution < 1.29 is 223 Å². The monoisotopic (exact) mass is 1580 g/mol. The van der Waals surface area contributed by atoms with E-state index in [4.69, 9.17) is 80.5 Å². The van der Waals surface area contributed by atoms with Crippen LogP contribution >= 0.6 is 0 Å². The summed E-state index contributed by atoms with van der Waals surface area (Å²) in [5, 5.41) is 283. The number of nitrogens with one attached hydrogen (secondary N) is 3. The van der Waals surface area contributed by atoms with Gasteiger partial charge >= 0.3 is 0 Å². The Hall–Kier alpha value is -3.27. The third kappa shape index (κ3) is 19.3. The molecule has 0 spiro atoms. The third-order valence-corrected chi connectivity index (χ3v) is 19.9. The van der Waals surface area contributed by atoms with E-state index in [0.29, 0.717) is 0 Å². The maximum absolute atomic E-state index is 13.2. The summed E-state index contributed by atoms with van der Waals surface area (Å²) in [6.45, 7) is -4.42. The van der Waals surface area contributed by atoms with Crippen molar-refractivity contribution >= 4 is 17.7 Å². The molecule has 9 heterocycles. The van der Waals surface area contributed by atoms with Gasteiger partial charge in [0.25, 0.3) is 0 Å². The molecule has 9 fully saturated rings. The van der Waals surface area contributed by atoms with Gasteiger partial charge in [-0.15, -0.1) is 0 Å². The zero-order valence-corrected chi connectivity index (χ0v) is 58.0. The van der Waals surface area contributed by atoms with Gasteiger partial charge < -0.3 is 224 Å². The molecule has 45 atom stereocenters. The Balaban J connectivity index is 1.06. The van der Waals surface area contributed by atoms with Crippen molar-refractivity contribution in [2.24, 2.45) is 0 Å². The second-order valence-corrected chi connectivity index (χ2v) is 27.5. The molecule has 0 aromatic rings. The Morgan fingerprint density at radius 3 is 1.07 bits per heavy atom. The van der Waals surface area contributed by atoms with Crippen LogP contribution in [0.15, 0.2) is 0 Å². The number of carbonyl (C=O) groups is 3. The summed E-state index contributed by atoms with van der Waals surface area (Å²) in [4.78, 5) is 38.4. The number of hydrogen-bond donors (Lipinski definition) is 28. The number of amides is 3. The molecule has 48 nitrogen and oxygen atoms in total. The van der Waals surface area contributed by atoms with E-state index in [-0.39, 0.29) is 0 Å². The Kier molecular flexibility index (Phi) is 31.6. The second-order valence-electron chi connectivity index (χ2n) is 27.5. The topological polar surface area (TPSA) is 750 Å². The number of carbonyl (C=O) groups excluding carboxylic acids is 3. The lowest BCUT2D eigenvalue weighted by atomic mass is 9.93. The minimum Gasteiger partial charge on any atom is -0.394 e. The first kappa shape index (κ1) is 88.7.